The average molecular weight is 506 g/mol. The first-order chi connectivity index (χ1) is 15.9. The number of halogens is 2. The van der Waals surface area contributed by atoms with Gasteiger partial charge in [-0.25, -0.2) is 0 Å². The molecule has 0 heterocycles. The number of benzene rings is 2. The Kier molecular flexibility index (Phi) is 10.5. The number of carbonyl (C=O) groups is 2. The standard InChI is InChI=1S/C28H38Cl2N2O2/c1-7-25(27(34)31-17-19(2)3)32(18-21-11-14-23(29)16-24(21)30)26(33)15-10-20-8-12-22(13-9-20)28(4,5)6/h8-9,11-14,16,19,25H,7,10,15,17-18H2,1-6H3,(H,31,34). The molecule has 0 aliphatic carbocycles. The van der Waals surface area contributed by atoms with Crippen LogP contribution in [0, 0.1) is 5.92 Å². The second-order valence-corrected chi connectivity index (χ2v) is 11.1. The van der Waals surface area contributed by atoms with Gasteiger partial charge >= 0.3 is 0 Å². The summed E-state index contributed by atoms with van der Waals surface area (Å²) in [6, 6.07) is 13.1. The Morgan fingerprint density at radius 3 is 2.21 bits per heavy atom. The van der Waals surface area contributed by atoms with Crippen molar-refractivity contribution >= 4 is 35.0 Å². The zero-order valence-corrected chi connectivity index (χ0v) is 22.8. The van der Waals surface area contributed by atoms with Gasteiger partial charge in [0.15, 0.2) is 0 Å². The third-order valence-electron chi connectivity index (χ3n) is 5.87. The summed E-state index contributed by atoms with van der Waals surface area (Å²) >= 11 is 12.5. The zero-order valence-electron chi connectivity index (χ0n) is 21.3. The van der Waals surface area contributed by atoms with E-state index in [0.29, 0.717) is 41.8 Å². The molecule has 34 heavy (non-hydrogen) atoms. The van der Waals surface area contributed by atoms with E-state index in [1.54, 1.807) is 17.0 Å². The van der Waals surface area contributed by atoms with Gasteiger partial charge in [-0.3, -0.25) is 9.59 Å². The summed E-state index contributed by atoms with van der Waals surface area (Å²) in [5.41, 5.74) is 3.21. The molecule has 2 aromatic rings. The van der Waals surface area contributed by atoms with Crippen molar-refractivity contribution in [3.05, 3.63) is 69.2 Å². The summed E-state index contributed by atoms with van der Waals surface area (Å²) in [7, 11) is 0. The van der Waals surface area contributed by atoms with Crippen molar-refractivity contribution in [2.75, 3.05) is 6.54 Å². The molecule has 0 saturated heterocycles. The number of nitrogens with zero attached hydrogens (tertiary/aromatic N) is 1. The van der Waals surface area contributed by atoms with E-state index in [4.69, 9.17) is 23.2 Å². The van der Waals surface area contributed by atoms with E-state index in [1.807, 2.05) is 26.8 Å². The molecule has 0 radical (unpaired) electrons. The van der Waals surface area contributed by atoms with Crippen molar-refractivity contribution in [1.82, 2.24) is 10.2 Å². The average Bonchev–Trinajstić information content (AvgIpc) is 2.77. The molecular formula is C28H38Cl2N2O2. The van der Waals surface area contributed by atoms with Gasteiger partial charge in [0.25, 0.3) is 0 Å². The molecule has 0 spiro atoms. The first-order valence-electron chi connectivity index (χ1n) is 12.0. The molecule has 1 atom stereocenters. The maximum atomic E-state index is 13.4. The third-order valence-corrected chi connectivity index (χ3v) is 6.46. The summed E-state index contributed by atoms with van der Waals surface area (Å²) in [5.74, 6) is 0.119. The van der Waals surface area contributed by atoms with Crippen molar-refractivity contribution in [2.24, 2.45) is 5.92 Å². The SMILES string of the molecule is CCC(C(=O)NCC(C)C)N(Cc1ccc(Cl)cc1Cl)C(=O)CCc1ccc(C(C)(C)C)cc1. The van der Waals surface area contributed by atoms with E-state index >= 15 is 0 Å². The molecule has 186 valence electrons. The number of amides is 2. The van der Waals surface area contributed by atoms with Crippen LogP contribution >= 0.6 is 23.2 Å². The summed E-state index contributed by atoms with van der Waals surface area (Å²) in [6.45, 7) is 13.4. The number of rotatable bonds is 10. The Bertz CT molecular complexity index is 965. The highest BCUT2D eigenvalue weighted by atomic mass is 35.5. The van der Waals surface area contributed by atoms with Crippen LogP contribution in [0.1, 0.15) is 71.1 Å². The number of aryl methyl sites for hydroxylation is 1. The van der Waals surface area contributed by atoms with Crippen LogP contribution in [0.3, 0.4) is 0 Å². The quantitative estimate of drug-likeness (QED) is 0.386. The highest BCUT2D eigenvalue weighted by Crippen LogP contribution is 2.25. The number of nitrogens with one attached hydrogen (secondary N) is 1. The van der Waals surface area contributed by atoms with Gasteiger partial charge in [-0.2, -0.15) is 0 Å². The minimum Gasteiger partial charge on any atom is -0.354 e. The molecular weight excluding hydrogens is 467 g/mol. The van der Waals surface area contributed by atoms with Gasteiger partial charge in [0.1, 0.15) is 6.04 Å². The van der Waals surface area contributed by atoms with Crippen LogP contribution in [0.25, 0.3) is 0 Å². The van der Waals surface area contributed by atoms with Crippen LogP contribution in [0.2, 0.25) is 10.0 Å². The van der Waals surface area contributed by atoms with Crippen molar-refractivity contribution in [2.45, 2.75) is 78.8 Å². The van der Waals surface area contributed by atoms with E-state index in [0.717, 1.165) is 11.1 Å². The summed E-state index contributed by atoms with van der Waals surface area (Å²) in [4.78, 5) is 28.1. The molecule has 2 rings (SSSR count). The van der Waals surface area contributed by atoms with Gasteiger partial charge in [0.05, 0.1) is 0 Å². The Balaban J connectivity index is 2.22. The predicted octanol–water partition coefficient (Wildman–Crippen LogP) is 6.80. The van der Waals surface area contributed by atoms with Crippen molar-refractivity contribution in [1.29, 1.82) is 0 Å². The molecule has 2 aromatic carbocycles. The summed E-state index contributed by atoms with van der Waals surface area (Å²) in [6.07, 6.45) is 1.44. The predicted molar refractivity (Wildman–Crippen MR) is 142 cm³/mol. The number of hydrogen-bond donors (Lipinski definition) is 1. The maximum Gasteiger partial charge on any atom is 0.242 e. The van der Waals surface area contributed by atoms with Crippen molar-refractivity contribution in [3.8, 4) is 0 Å². The fraction of sp³-hybridized carbons (Fsp3) is 0.500. The Labute approximate surface area is 215 Å². The van der Waals surface area contributed by atoms with Gasteiger partial charge in [0, 0.05) is 29.6 Å². The molecule has 1 unspecified atom stereocenters. The second-order valence-electron chi connectivity index (χ2n) is 10.3. The van der Waals surface area contributed by atoms with E-state index in [9.17, 15) is 9.59 Å². The molecule has 2 amide bonds. The van der Waals surface area contributed by atoms with E-state index < -0.39 is 6.04 Å². The Morgan fingerprint density at radius 2 is 1.68 bits per heavy atom. The minimum absolute atomic E-state index is 0.0718. The van der Waals surface area contributed by atoms with Crippen molar-refractivity contribution < 1.29 is 9.59 Å². The monoisotopic (exact) mass is 504 g/mol. The molecule has 0 saturated carbocycles. The molecule has 0 aliphatic heterocycles. The molecule has 0 fully saturated rings. The van der Waals surface area contributed by atoms with Crippen molar-refractivity contribution in [3.63, 3.8) is 0 Å². The van der Waals surface area contributed by atoms with Gasteiger partial charge in [0.2, 0.25) is 11.8 Å². The first kappa shape index (κ1) is 28.2. The second kappa shape index (κ2) is 12.6. The summed E-state index contributed by atoms with van der Waals surface area (Å²) < 4.78 is 0. The third kappa shape index (κ3) is 8.32. The fourth-order valence-corrected chi connectivity index (χ4v) is 4.21. The summed E-state index contributed by atoms with van der Waals surface area (Å²) in [5, 5.41) is 4.01. The molecule has 0 aliphatic rings. The molecule has 0 aromatic heterocycles. The number of hydrogen-bond acceptors (Lipinski definition) is 2. The largest absolute Gasteiger partial charge is 0.354 e. The minimum atomic E-state index is -0.568. The highest BCUT2D eigenvalue weighted by Gasteiger charge is 2.29. The van der Waals surface area contributed by atoms with Gasteiger partial charge in [-0.15, -0.1) is 0 Å². The van der Waals surface area contributed by atoms with Crippen LogP contribution < -0.4 is 5.32 Å². The number of carbonyl (C=O) groups excluding carboxylic acids is 2. The maximum absolute atomic E-state index is 13.4. The van der Waals surface area contributed by atoms with E-state index in [2.05, 4.69) is 50.4 Å². The molecule has 0 bridgehead atoms. The van der Waals surface area contributed by atoms with Crippen LogP contribution in [0.15, 0.2) is 42.5 Å². The van der Waals surface area contributed by atoms with E-state index in [-0.39, 0.29) is 23.8 Å². The Hall–Kier alpha value is -2.04. The van der Waals surface area contributed by atoms with Crippen LogP contribution in [-0.2, 0) is 28.0 Å². The fourth-order valence-electron chi connectivity index (χ4n) is 3.74. The Morgan fingerprint density at radius 1 is 1.03 bits per heavy atom. The van der Waals surface area contributed by atoms with Gasteiger partial charge < -0.3 is 10.2 Å². The van der Waals surface area contributed by atoms with Gasteiger partial charge in [-0.05, 0) is 53.0 Å². The lowest BCUT2D eigenvalue weighted by atomic mass is 9.86. The lowest BCUT2D eigenvalue weighted by molar-refractivity contribution is -0.141. The lowest BCUT2D eigenvalue weighted by Crippen LogP contribution is -2.49. The molecule has 1 N–H and O–H groups in total. The smallest absolute Gasteiger partial charge is 0.242 e. The van der Waals surface area contributed by atoms with Crippen LogP contribution in [0.5, 0.6) is 0 Å². The zero-order chi connectivity index (χ0) is 25.5. The molecule has 6 heteroatoms. The van der Waals surface area contributed by atoms with Crippen LogP contribution in [-0.4, -0.2) is 29.3 Å². The van der Waals surface area contributed by atoms with Crippen LogP contribution in [0.4, 0.5) is 0 Å². The van der Waals surface area contributed by atoms with E-state index in [1.165, 1.54) is 5.56 Å². The lowest BCUT2D eigenvalue weighted by Gasteiger charge is -2.31. The topological polar surface area (TPSA) is 49.4 Å². The van der Waals surface area contributed by atoms with Gasteiger partial charge in [-0.1, -0.05) is 95.1 Å². The highest BCUT2D eigenvalue weighted by molar-refractivity contribution is 6.35. The first-order valence-corrected chi connectivity index (χ1v) is 12.8. The normalized spacial score (nSPS) is 12.5. The molecule has 4 nitrogen and oxygen atoms in total.